The van der Waals surface area contributed by atoms with E-state index in [1.807, 2.05) is 0 Å². The first-order valence-corrected chi connectivity index (χ1v) is 5.93. The molecule has 0 amide bonds. The van der Waals surface area contributed by atoms with E-state index in [2.05, 4.69) is 59.5 Å². The number of thiol groups is 1. The summed E-state index contributed by atoms with van der Waals surface area (Å²) in [7, 11) is 0.842. The van der Waals surface area contributed by atoms with Crippen molar-refractivity contribution in [1.29, 1.82) is 0 Å². The molecule has 12 heavy (non-hydrogen) atoms. The van der Waals surface area contributed by atoms with E-state index in [9.17, 15) is 0 Å². The summed E-state index contributed by atoms with van der Waals surface area (Å²) >= 11 is 4.52. The molecule has 0 saturated heterocycles. The average molecular weight is 207 g/mol. The third-order valence-electron chi connectivity index (χ3n) is 1.14. The molecule has 0 radical (unpaired) electrons. The molecular formula is C9H22NPS. The summed E-state index contributed by atoms with van der Waals surface area (Å²) in [5.74, 6) is 0. The smallest absolute Gasteiger partial charge is 0.0681 e. The van der Waals surface area contributed by atoms with E-state index in [-0.39, 0.29) is 5.54 Å². The van der Waals surface area contributed by atoms with Gasteiger partial charge >= 0.3 is 0 Å². The van der Waals surface area contributed by atoms with Gasteiger partial charge in [-0.05, 0) is 25.9 Å². The number of nitrogens with one attached hydrogen (secondary N) is 1. The van der Waals surface area contributed by atoms with E-state index in [1.165, 1.54) is 0 Å². The Morgan fingerprint density at radius 3 is 1.75 bits per heavy atom. The highest BCUT2D eigenvalue weighted by Crippen LogP contribution is 2.36. The molecule has 2 unspecified atom stereocenters. The lowest BCUT2D eigenvalue weighted by Gasteiger charge is -2.30. The zero-order chi connectivity index (χ0) is 9.99. The molecule has 0 rings (SSSR count). The minimum Gasteiger partial charge on any atom is -0.297 e. The molecule has 0 aromatic carbocycles. The quantitative estimate of drug-likeness (QED) is 0.403. The van der Waals surface area contributed by atoms with E-state index in [0.29, 0.717) is 10.3 Å². The van der Waals surface area contributed by atoms with Gasteiger partial charge in [0.15, 0.2) is 0 Å². The van der Waals surface area contributed by atoms with Gasteiger partial charge in [-0.2, -0.15) is 12.6 Å². The Morgan fingerprint density at radius 1 is 1.08 bits per heavy atom. The highest BCUT2D eigenvalue weighted by Gasteiger charge is 2.19. The minimum atomic E-state index is 0.171. The molecule has 0 saturated carbocycles. The van der Waals surface area contributed by atoms with Gasteiger partial charge in [0.05, 0.1) is 5.11 Å². The van der Waals surface area contributed by atoms with Crippen LogP contribution in [0, 0.1) is 0 Å². The highest BCUT2D eigenvalue weighted by atomic mass is 32.1. The van der Waals surface area contributed by atoms with Crippen molar-refractivity contribution in [2.45, 2.75) is 57.4 Å². The van der Waals surface area contributed by atoms with Gasteiger partial charge in [-0.25, -0.2) is 0 Å². The number of hydrogen-bond donors (Lipinski definition) is 2. The minimum absolute atomic E-state index is 0.171. The molecule has 0 aromatic rings. The van der Waals surface area contributed by atoms with Crippen LogP contribution in [-0.2, 0) is 0 Å². The standard InChI is InChI=1S/C9H22NPS/c1-8(2,3)10-7(12)11-9(4,5)6/h7,10-12H,1-6H3. The van der Waals surface area contributed by atoms with Crippen molar-refractivity contribution in [3.8, 4) is 0 Å². The van der Waals surface area contributed by atoms with Crippen molar-refractivity contribution in [2.24, 2.45) is 0 Å². The Labute approximate surface area is 84.3 Å². The van der Waals surface area contributed by atoms with Crippen LogP contribution in [0.15, 0.2) is 0 Å². The molecular weight excluding hydrogens is 185 g/mol. The van der Waals surface area contributed by atoms with Crippen molar-refractivity contribution in [1.82, 2.24) is 5.32 Å². The fourth-order valence-electron chi connectivity index (χ4n) is 0.856. The predicted molar refractivity (Wildman–Crippen MR) is 63.7 cm³/mol. The van der Waals surface area contributed by atoms with E-state index in [1.54, 1.807) is 0 Å². The molecule has 0 aliphatic carbocycles. The maximum Gasteiger partial charge on any atom is 0.0681 e. The lowest BCUT2D eigenvalue weighted by Crippen LogP contribution is -2.40. The molecule has 3 heteroatoms. The summed E-state index contributed by atoms with van der Waals surface area (Å²) in [5, 5.41) is 4.16. The highest BCUT2D eigenvalue weighted by molar-refractivity contribution is 7.87. The van der Waals surface area contributed by atoms with Gasteiger partial charge in [-0.1, -0.05) is 29.4 Å². The lowest BCUT2D eigenvalue weighted by atomic mass is 10.1. The Kier molecular flexibility index (Phi) is 4.57. The Balaban J connectivity index is 3.83. The first-order valence-electron chi connectivity index (χ1n) is 4.34. The third kappa shape index (κ3) is 8.83. The van der Waals surface area contributed by atoms with E-state index in [0.717, 1.165) is 8.58 Å². The third-order valence-corrected chi connectivity index (χ3v) is 2.94. The summed E-state index contributed by atoms with van der Waals surface area (Å²) < 4.78 is 0. The maximum absolute atomic E-state index is 4.52. The molecule has 1 N–H and O–H groups in total. The van der Waals surface area contributed by atoms with Crippen LogP contribution in [0.5, 0.6) is 0 Å². The van der Waals surface area contributed by atoms with Crippen molar-refractivity contribution in [2.75, 3.05) is 0 Å². The van der Waals surface area contributed by atoms with Crippen LogP contribution >= 0.6 is 21.2 Å². The first kappa shape index (κ1) is 12.7. The SMILES string of the molecule is CC(C)(C)NC(S)PC(C)(C)C. The molecule has 0 spiro atoms. The Hall–Kier alpha value is 0.740. The van der Waals surface area contributed by atoms with Crippen molar-refractivity contribution < 1.29 is 0 Å². The summed E-state index contributed by atoms with van der Waals surface area (Å²) in [6.45, 7) is 13.3. The zero-order valence-electron chi connectivity index (χ0n) is 9.02. The first-order chi connectivity index (χ1) is 5.10. The topological polar surface area (TPSA) is 12.0 Å². The molecule has 0 fully saturated rings. The van der Waals surface area contributed by atoms with Crippen LogP contribution in [0.2, 0.25) is 0 Å². The zero-order valence-corrected chi connectivity index (χ0v) is 10.9. The second-order valence-electron chi connectivity index (χ2n) is 5.19. The largest absolute Gasteiger partial charge is 0.297 e. The normalized spacial score (nSPS) is 17.2. The second-order valence-corrected chi connectivity index (χ2v) is 8.56. The van der Waals surface area contributed by atoms with Crippen LogP contribution in [0.3, 0.4) is 0 Å². The second kappa shape index (κ2) is 4.30. The van der Waals surface area contributed by atoms with E-state index in [4.69, 9.17) is 0 Å². The van der Waals surface area contributed by atoms with Crippen LogP contribution in [0.4, 0.5) is 0 Å². The van der Waals surface area contributed by atoms with Gasteiger partial charge in [-0.15, -0.1) is 0 Å². The van der Waals surface area contributed by atoms with Gasteiger partial charge in [-0.3, -0.25) is 5.32 Å². The summed E-state index contributed by atoms with van der Waals surface area (Å²) in [6.07, 6.45) is 0. The van der Waals surface area contributed by atoms with Gasteiger partial charge in [0, 0.05) is 5.54 Å². The monoisotopic (exact) mass is 207 g/mol. The average Bonchev–Trinajstić information content (AvgIpc) is 1.49. The van der Waals surface area contributed by atoms with Gasteiger partial charge in [0.25, 0.3) is 0 Å². The van der Waals surface area contributed by atoms with Crippen LogP contribution in [0.1, 0.15) is 41.5 Å². The van der Waals surface area contributed by atoms with Gasteiger partial charge < -0.3 is 0 Å². The summed E-state index contributed by atoms with van der Waals surface area (Å²) in [6, 6.07) is 0. The molecule has 0 bridgehead atoms. The molecule has 1 nitrogen and oxygen atoms in total. The van der Waals surface area contributed by atoms with Gasteiger partial charge in [0.2, 0.25) is 0 Å². The Morgan fingerprint density at radius 2 is 1.50 bits per heavy atom. The van der Waals surface area contributed by atoms with Crippen molar-refractivity contribution in [3.63, 3.8) is 0 Å². The fourth-order valence-corrected chi connectivity index (χ4v) is 3.73. The number of rotatable bonds is 2. The number of hydrogen-bond acceptors (Lipinski definition) is 2. The Bertz CT molecular complexity index is 118. The lowest BCUT2D eigenvalue weighted by molar-refractivity contribution is 0.449. The molecule has 0 heterocycles. The van der Waals surface area contributed by atoms with Crippen LogP contribution in [0.25, 0.3) is 0 Å². The van der Waals surface area contributed by atoms with E-state index < -0.39 is 0 Å². The van der Waals surface area contributed by atoms with Gasteiger partial charge in [0.1, 0.15) is 0 Å². The fraction of sp³-hybridized carbons (Fsp3) is 1.00. The van der Waals surface area contributed by atoms with Crippen LogP contribution < -0.4 is 5.32 Å². The van der Waals surface area contributed by atoms with Crippen molar-refractivity contribution in [3.05, 3.63) is 0 Å². The maximum atomic E-state index is 4.52. The molecule has 0 aliphatic heterocycles. The summed E-state index contributed by atoms with van der Waals surface area (Å²) in [5.41, 5.74) is 0.171. The molecule has 2 atom stereocenters. The predicted octanol–water partition coefficient (Wildman–Crippen LogP) is 3.06. The molecule has 0 aliphatic rings. The summed E-state index contributed by atoms with van der Waals surface area (Å²) in [4.78, 5) is 0. The molecule has 74 valence electrons. The van der Waals surface area contributed by atoms with Crippen molar-refractivity contribution >= 4 is 21.2 Å². The van der Waals surface area contributed by atoms with Crippen LogP contribution in [-0.4, -0.2) is 15.8 Å². The van der Waals surface area contributed by atoms with E-state index >= 15 is 0 Å². The molecule has 0 aromatic heterocycles.